The van der Waals surface area contributed by atoms with E-state index in [9.17, 15) is 14.0 Å². The first-order valence-corrected chi connectivity index (χ1v) is 7.18. The summed E-state index contributed by atoms with van der Waals surface area (Å²) in [5.74, 6) is -1.08. The SMILES string of the molecule is CCOC(=O)c1ccc(NC(=O)Nc2c(F)cccc2Cl)cc1. The number of halogens is 2. The van der Waals surface area contributed by atoms with Gasteiger partial charge in [-0.15, -0.1) is 0 Å². The van der Waals surface area contributed by atoms with Crippen LogP contribution in [0.3, 0.4) is 0 Å². The average Bonchev–Trinajstić information content (AvgIpc) is 2.52. The Bertz CT molecular complexity index is 700. The van der Waals surface area contributed by atoms with Crippen LogP contribution in [-0.4, -0.2) is 18.6 Å². The molecule has 0 atom stereocenters. The lowest BCUT2D eigenvalue weighted by Gasteiger charge is -2.10. The predicted octanol–water partition coefficient (Wildman–Crippen LogP) is 4.30. The molecule has 0 saturated carbocycles. The Labute approximate surface area is 137 Å². The molecule has 0 aliphatic rings. The second-order valence-corrected chi connectivity index (χ2v) is 4.88. The van der Waals surface area contributed by atoms with E-state index in [4.69, 9.17) is 16.3 Å². The third kappa shape index (κ3) is 4.43. The highest BCUT2D eigenvalue weighted by Gasteiger charge is 2.11. The van der Waals surface area contributed by atoms with Crippen LogP contribution in [-0.2, 0) is 4.74 Å². The molecular formula is C16H14ClFN2O3. The highest BCUT2D eigenvalue weighted by atomic mass is 35.5. The van der Waals surface area contributed by atoms with Gasteiger partial charge in [-0.2, -0.15) is 0 Å². The van der Waals surface area contributed by atoms with Crippen LogP contribution in [0.25, 0.3) is 0 Å². The molecule has 0 aromatic heterocycles. The third-order valence-electron chi connectivity index (χ3n) is 2.86. The maximum Gasteiger partial charge on any atom is 0.338 e. The van der Waals surface area contributed by atoms with Crippen molar-refractivity contribution >= 4 is 35.0 Å². The number of urea groups is 1. The van der Waals surface area contributed by atoms with Crippen LogP contribution in [0, 0.1) is 5.82 Å². The molecule has 120 valence electrons. The molecule has 5 nitrogen and oxygen atoms in total. The molecule has 2 aromatic rings. The van der Waals surface area contributed by atoms with Gasteiger partial charge in [0.1, 0.15) is 5.82 Å². The third-order valence-corrected chi connectivity index (χ3v) is 3.17. The van der Waals surface area contributed by atoms with E-state index in [1.807, 2.05) is 0 Å². The number of anilines is 2. The number of esters is 1. The Morgan fingerprint density at radius 1 is 1.13 bits per heavy atom. The summed E-state index contributed by atoms with van der Waals surface area (Å²) in [5.41, 5.74) is 0.702. The zero-order valence-corrected chi connectivity index (χ0v) is 13.0. The number of benzene rings is 2. The molecule has 23 heavy (non-hydrogen) atoms. The zero-order valence-electron chi connectivity index (χ0n) is 12.2. The van der Waals surface area contributed by atoms with Crippen LogP contribution in [0.1, 0.15) is 17.3 Å². The van der Waals surface area contributed by atoms with E-state index in [1.54, 1.807) is 6.92 Å². The maximum absolute atomic E-state index is 13.6. The fourth-order valence-corrected chi connectivity index (χ4v) is 2.01. The van der Waals surface area contributed by atoms with E-state index in [0.717, 1.165) is 0 Å². The van der Waals surface area contributed by atoms with Crippen molar-refractivity contribution in [2.24, 2.45) is 0 Å². The lowest BCUT2D eigenvalue weighted by atomic mass is 10.2. The van der Waals surface area contributed by atoms with Gasteiger partial charge in [-0.05, 0) is 43.3 Å². The number of carbonyl (C=O) groups is 2. The Morgan fingerprint density at radius 2 is 1.83 bits per heavy atom. The molecule has 0 spiro atoms. The normalized spacial score (nSPS) is 10.0. The number of hydrogen-bond acceptors (Lipinski definition) is 3. The number of ether oxygens (including phenoxy) is 1. The molecule has 0 aliphatic carbocycles. The van der Waals surface area contributed by atoms with Crippen molar-refractivity contribution in [1.82, 2.24) is 0 Å². The van der Waals surface area contributed by atoms with Crippen molar-refractivity contribution in [2.75, 3.05) is 17.2 Å². The van der Waals surface area contributed by atoms with Crippen LogP contribution in [0.5, 0.6) is 0 Å². The first-order valence-electron chi connectivity index (χ1n) is 6.80. The summed E-state index contributed by atoms with van der Waals surface area (Å²) in [6.07, 6.45) is 0. The van der Waals surface area contributed by atoms with Crippen molar-refractivity contribution in [3.05, 3.63) is 58.9 Å². The van der Waals surface area contributed by atoms with Crippen LogP contribution < -0.4 is 10.6 Å². The van der Waals surface area contributed by atoms with Crippen LogP contribution in [0.15, 0.2) is 42.5 Å². The Hall–Kier alpha value is -2.60. The summed E-state index contributed by atoms with van der Waals surface area (Å²) in [5, 5.41) is 4.95. The van der Waals surface area contributed by atoms with Gasteiger partial charge >= 0.3 is 12.0 Å². The van der Waals surface area contributed by atoms with E-state index in [-0.39, 0.29) is 17.3 Å². The highest BCUT2D eigenvalue weighted by Crippen LogP contribution is 2.24. The highest BCUT2D eigenvalue weighted by molar-refractivity contribution is 6.33. The lowest BCUT2D eigenvalue weighted by Crippen LogP contribution is -2.20. The summed E-state index contributed by atoms with van der Waals surface area (Å²) in [6, 6.07) is 9.55. The number of amides is 2. The van der Waals surface area contributed by atoms with Gasteiger partial charge in [0.05, 0.1) is 22.9 Å². The van der Waals surface area contributed by atoms with Crippen molar-refractivity contribution in [2.45, 2.75) is 6.92 Å². The number of nitrogens with one attached hydrogen (secondary N) is 2. The average molecular weight is 337 g/mol. The second kappa shape index (κ2) is 7.60. The molecule has 2 N–H and O–H groups in total. The van der Waals surface area contributed by atoms with E-state index in [0.29, 0.717) is 11.3 Å². The molecule has 2 aromatic carbocycles. The molecule has 0 radical (unpaired) electrons. The molecule has 2 amide bonds. The van der Waals surface area contributed by atoms with E-state index in [2.05, 4.69) is 10.6 Å². The second-order valence-electron chi connectivity index (χ2n) is 4.47. The number of carbonyl (C=O) groups excluding carboxylic acids is 2. The first kappa shape index (κ1) is 16.8. The van der Waals surface area contributed by atoms with Crippen LogP contribution in [0.4, 0.5) is 20.6 Å². The molecule has 0 aliphatic heterocycles. The Balaban J connectivity index is 2.02. The maximum atomic E-state index is 13.6. The Kier molecular flexibility index (Phi) is 5.54. The molecule has 0 bridgehead atoms. The fraction of sp³-hybridized carbons (Fsp3) is 0.125. The van der Waals surface area contributed by atoms with Gasteiger partial charge in [0.2, 0.25) is 0 Å². The van der Waals surface area contributed by atoms with Crippen LogP contribution >= 0.6 is 11.6 Å². The topological polar surface area (TPSA) is 67.4 Å². The van der Waals surface area contributed by atoms with Gasteiger partial charge in [-0.1, -0.05) is 17.7 Å². The van der Waals surface area contributed by atoms with E-state index in [1.165, 1.54) is 42.5 Å². The Morgan fingerprint density at radius 3 is 2.43 bits per heavy atom. The standard InChI is InChI=1S/C16H14ClFN2O3/c1-2-23-15(21)10-6-8-11(9-7-10)19-16(22)20-14-12(17)4-3-5-13(14)18/h3-9H,2H2,1H3,(H2,19,20,22). The van der Waals surface area contributed by atoms with Crippen LogP contribution in [0.2, 0.25) is 5.02 Å². The monoisotopic (exact) mass is 336 g/mol. The minimum Gasteiger partial charge on any atom is -0.462 e. The van der Waals surface area contributed by atoms with Gasteiger partial charge in [0, 0.05) is 5.69 Å². The largest absolute Gasteiger partial charge is 0.462 e. The summed E-state index contributed by atoms with van der Waals surface area (Å²) in [7, 11) is 0. The zero-order chi connectivity index (χ0) is 16.8. The number of para-hydroxylation sites is 1. The van der Waals surface area contributed by atoms with Crippen molar-refractivity contribution in [3.63, 3.8) is 0 Å². The van der Waals surface area contributed by atoms with Crippen molar-refractivity contribution in [3.8, 4) is 0 Å². The molecule has 7 heteroatoms. The molecule has 0 unspecified atom stereocenters. The van der Waals surface area contributed by atoms with Gasteiger partial charge in [0.25, 0.3) is 0 Å². The molecule has 2 rings (SSSR count). The van der Waals surface area contributed by atoms with Crippen molar-refractivity contribution < 1.29 is 18.7 Å². The molecule has 0 saturated heterocycles. The number of rotatable bonds is 4. The van der Waals surface area contributed by atoms with Gasteiger partial charge in [0.15, 0.2) is 0 Å². The van der Waals surface area contributed by atoms with Crippen molar-refractivity contribution in [1.29, 1.82) is 0 Å². The summed E-state index contributed by atoms with van der Waals surface area (Å²) >= 11 is 5.83. The predicted molar refractivity (Wildman–Crippen MR) is 86.4 cm³/mol. The lowest BCUT2D eigenvalue weighted by molar-refractivity contribution is 0.0526. The molecule has 0 heterocycles. The fourth-order valence-electron chi connectivity index (χ4n) is 1.80. The minimum atomic E-state index is -0.652. The smallest absolute Gasteiger partial charge is 0.338 e. The summed E-state index contributed by atoms with van der Waals surface area (Å²) in [6.45, 7) is 2.00. The summed E-state index contributed by atoms with van der Waals surface area (Å²) in [4.78, 5) is 23.4. The quantitative estimate of drug-likeness (QED) is 0.818. The molecule has 0 fully saturated rings. The summed E-state index contributed by atoms with van der Waals surface area (Å²) < 4.78 is 18.4. The van der Waals surface area contributed by atoms with E-state index < -0.39 is 17.8 Å². The van der Waals surface area contributed by atoms with E-state index >= 15 is 0 Å². The molecular weight excluding hydrogens is 323 g/mol. The van der Waals surface area contributed by atoms with Gasteiger partial charge < -0.3 is 15.4 Å². The number of hydrogen-bond donors (Lipinski definition) is 2. The van der Waals surface area contributed by atoms with Gasteiger partial charge in [-0.3, -0.25) is 0 Å². The first-order chi connectivity index (χ1) is 11.0. The minimum absolute atomic E-state index is 0.0952. The van der Waals surface area contributed by atoms with Gasteiger partial charge in [-0.25, -0.2) is 14.0 Å².